The first-order chi connectivity index (χ1) is 28.2. The highest BCUT2D eigenvalue weighted by Crippen LogP contribution is 2.42. The van der Waals surface area contributed by atoms with E-state index in [2.05, 4.69) is 91.0 Å². The van der Waals surface area contributed by atoms with Crippen LogP contribution in [0.2, 0.25) is 0 Å². The van der Waals surface area contributed by atoms with E-state index in [0.717, 1.165) is 66.0 Å². The Morgan fingerprint density at radius 2 is 0.965 bits per heavy atom. The molecule has 0 spiro atoms. The summed E-state index contributed by atoms with van der Waals surface area (Å²) in [5.41, 5.74) is 8.99. The zero-order valence-electron chi connectivity index (χ0n) is 30.2. The van der Waals surface area contributed by atoms with Gasteiger partial charge in [0.1, 0.15) is 16.7 Å². The van der Waals surface area contributed by atoms with Crippen LogP contribution in [0.4, 0.5) is 0 Å². The smallest absolute Gasteiger partial charge is 0.227 e. The van der Waals surface area contributed by atoms with Crippen molar-refractivity contribution in [1.82, 2.24) is 19.9 Å². The molecule has 0 bridgehead atoms. The Morgan fingerprint density at radius 1 is 0.368 bits per heavy atom. The van der Waals surface area contributed by atoms with Gasteiger partial charge in [0.15, 0.2) is 23.1 Å². The lowest BCUT2D eigenvalue weighted by molar-refractivity contribution is 0.619. The molecule has 57 heavy (non-hydrogen) atoms. The topological polar surface area (TPSA) is 77.8 Å². The fraction of sp³-hybridized carbons (Fsp3) is 0. The molecule has 4 heterocycles. The number of hydrogen-bond acceptors (Lipinski definition) is 7. The van der Waals surface area contributed by atoms with Crippen molar-refractivity contribution in [1.29, 1.82) is 0 Å². The number of fused-ring (bicyclic) bond motifs is 10. The van der Waals surface area contributed by atoms with E-state index in [0.29, 0.717) is 28.9 Å². The van der Waals surface area contributed by atoms with Crippen LogP contribution < -0.4 is 0 Å². The van der Waals surface area contributed by atoms with Crippen molar-refractivity contribution in [3.63, 3.8) is 0 Å². The highest BCUT2D eigenvalue weighted by Gasteiger charge is 2.20. The number of benzene rings is 8. The quantitative estimate of drug-likeness (QED) is 0.174. The standard InChI is InChI=1S/C50H28N4O2S/c1-3-10-31(11-4-1)47-52-48(32-21-18-29(19-22-32)35-15-9-17-42-43(35)36-14-7-8-16-41(36)57-42)54-49(53-47)34-23-20-30-24-25-38-44(37(30)28-34)45-39(55-38)26-27-40-46(45)51-50(56-40)33-12-5-2-6-13-33/h1-28H. The fourth-order valence-electron chi connectivity index (χ4n) is 8.07. The number of rotatable bonds is 5. The molecule has 0 aliphatic carbocycles. The van der Waals surface area contributed by atoms with Crippen LogP contribution in [0.3, 0.4) is 0 Å². The Labute approximate surface area is 329 Å². The lowest BCUT2D eigenvalue weighted by atomic mass is 9.98. The highest BCUT2D eigenvalue weighted by molar-refractivity contribution is 7.25. The van der Waals surface area contributed by atoms with Crippen molar-refractivity contribution in [3.05, 3.63) is 170 Å². The lowest BCUT2D eigenvalue weighted by Gasteiger charge is -2.10. The minimum Gasteiger partial charge on any atom is -0.456 e. The number of hydrogen-bond donors (Lipinski definition) is 0. The number of aromatic nitrogens is 4. The molecular formula is C50H28N4O2S. The van der Waals surface area contributed by atoms with Crippen LogP contribution in [-0.2, 0) is 0 Å². The van der Waals surface area contributed by atoms with E-state index in [-0.39, 0.29) is 0 Å². The summed E-state index contributed by atoms with van der Waals surface area (Å²) in [6, 6.07) is 58.2. The van der Waals surface area contributed by atoms with E-state index in [1.807, 2.05) is 90.2 Å². The second kappa shape index (κ2) is 12.5. The van der Waals surface area contributed by atoms with Gasteiger partial charge in [-0.15, -0.1) is 11.3 Å². The molecule has 0 N–H and O–H groups in total. The summed E-state index contributed by atoms with van der Waals surface area (Å²) in [5.74, 6) is 2.38. The summed E-state index contributed by atoms with van der Waals surface area (Å²) in [6.45, 7) is 0. The zero-order valence-corrected chi connectivity index (χ0v) is 31.0. The molecule has 0 saturated carbocycles. The molecule has 4 aromatic heterocycles. The number of oxazole rings is 1. The van der Waals surface area contributed by atoms with Crippen molar-refractivity contribution in [2.24, 2.45) is 0 Å². The van der Waals surface area contributed by atoms with Crippen LogP contribution in [0.25, 0.3) is 121 Å². The number of furan rings is 1. The molecule has 266 valence electrons. The van der Waals surface area contributed by atoms with Gasteiger partial charge in [0.05, 0.1) is 5.39 Å². The fourth-order valence-corrected chi connectivity index (χ4v) is 9.20. The molecule has 0 atom stereocenters. The van der Waals surface area contributed by atoms with Crippen molar-refractivity contribution >= 4 is 75.3 Å². The third-order valence-electron chi connectivity index (χ3n) is 10.8. The maximum Gasteiger partial charge on any atom is 0.227 e. The van der Waals surface area contributed by atoms with Crippen LogP contribution in [-0.4, -0.2) is 19.9 Å². The van der Waals surface area contributed by atoms with Crippen molar-refractivity contribution in [2.45, 2.75) is 0 Å². The molecule has 0 unspecified atom stereocenters. The summed E-state index contributed by atoms with van der Waals surface area (Å²) in [4.78, 5) is 20.2. The van der Waals surface area contributed by atoms with E-state index in [4.69, 9.17) is 28.8 Å². The predicted molar refractivity (Wildman–Crippen MR) is 232 cm³/mol. The first-order valence-corrected chi connectivity index (χ1v) is 19.6. The number of thiophene rings is 1. The van der Waals surface area contributed by atoms with Gasteiger partial charge in [0, 0.05) is 47.8 Å². The molecule has 0 radical (unpaired) electrons. The Bertz CT molecular complexity index is 3520. The molecule has 12 rings (SSSR count). The van der Waals surface area contributed by atoms with E-state index >= 15 is 0 Å². The maximum absolute atomic E-state index is 6.44. The molecule has 12 aromatic rings. The minimum absolute atomic E-state index is 0.574. The van der Waals surface area contributed by atoms with Crippen LogP contribution in [0.15, 0.2) is 179 Å². The Hall–Kier alpha value is -7.48. The van der Waals surface area contributed by atoms with E-state index < -0.39 is 0 Å². The molecule has 0 aliphatic rings. The Kier molecular flexibility index (Phi) is 7.00. The summed E-state index contributed by atoms with van der Waals surface area (Å²) in [6.07, 6.45) is 0. The third-order valence-corrected chi connectivity index (χ3v) is 11.9. The molecule has 0 saturated heterocycles. The van der Waals surface area contributed by atoms with E-state index in [1.54, 1.807) is 0 Å². The van der Waals surface area contributed by atoms with Gasteiger partial charge in [-0.2, -0.15) is 0 Å². The third kappa shape index (κ3) is 5.17. The van der Waals surface area contributed by atoms with Crippen molar-refractivity contribution < 1.29 is 8.83 Å². The largest absolute Gasteiger partial charge is 0.456 e. The van der Waals surface area contributed by atoms with Gasteiger partial charge < -0.3 is 8.83 Å². The molecular weight excluding hydrogens is 721 g/mol. The van der Waals surface area contributed by atoms with Gasteiger partial charge in [-0.3, -0.25) is 0 Å². The summed E-state index contributed by atoms with van der Waals surface area (Å²) < 4.78 is 15.3. The summed E-state index contributed by atoms with van der Waals surface area (Å²) >= 11 is 1.83. The lowest BCUT2D eigenvalue weighted by Crippen LogP contribution is -2.00. The molecule has 0 fully saturated rings. The second-order valence-electron chi connectivity index (χ2n) is 14.2. The SMILES string of the molecule is c1ccc(-c2nc(-c3ccc(-c4cccc5sc6ccccc6c45)cc3)nc(-c3ccc4ccc5oc6ccc7oc(-c8ccccc8)nc7c6c5c4c3)n2)cc1. The van der Waals surface area contributed by atoms with Gasteiger partial charge in [-0.05, 0) is 70.4 Å². The van der Waals surface area contributed by atoms with Crippen LogP contribution in [0.5, 0.6) is 0 Å². The van der Waals surface area contributed by atoms with Gasteiger partial charge >= 0.3 is 0 Å². The molecule has 7 heteroatoms. The molecule has 6 nitrogen and oxygen atoms in total. The number of nitrogens with zero attached hydrogens (tertiary/aromatic N) is 4. The van der Waals surface area contributed by atoms with Crippen LogP contribution in [0.1, 0.15) is 0 Å². The Balaban J connectivity index is 1.01. The second-order valence-corrected chi connectivity index (χ2v) is 15.3. The zero-order chi connectivity index (χ0) is 37.5. The molecule has 8 aromatic carbocycles. The van der Waals surface area contributed by atoms with Gasteiger partial charge in [0.25, 0.3) is 0 Å². The summed E-state index contributed by atoms with van der Waals surface area (Å²) in [5, 5.41) is 6.55. The highest BCUT2D eigenvalue weighted by atomic mass is 32.1. The van der Waals surface area contributed by atoms with Gasteiger partial charge in [-0.1, -0.05) is 121 Å². The first kappa shape index (κ1) is 31.8. The van der Waals surface area contributed by atoms with Crippen LogP contribution >= 0.6 is 11.3 Å². The van der Waals surface area contributed by atoms with Crippen LogP contribution in [0, 0.1) is 0 Å². The van der Waals surface area contributed by atoms with Crippen molar-refractivity contribution in [3.8, 4) is 56.7 Å². The van der Waals surface area contributed by atoms with E-state index in [9.17, 15) is 0 Å². The normalized spacial score (nSPS) is 11.9. The molecule has 0 amide bonds. The van der Waals surface area contributed by atoms with Gasteiger partial charge in [0.2, 0.25) is 5.89 Å². The van der Waals surface area contributed by atoms with Gasteiger partial charge in [-0.25, -0.2) is 19.9 Å². The van der Waals surface area contributed by atoms with Crippen molar-refractivity contribution in [2.75, 3.05) is 0 Å². The first-order valence-electron chi connectivity index (χ1n) is 18.8. The average Bonchev–Trinajstić information content (AvgIpc) is 4.00. The molecule has 0 aliphatic heterocycles. The summed E-state index contributed by atoms with van der Waals surface area (Å²) in [7, 11) is 0. The minimum atomic E-state index is 0.574. The monoisotopic (exact) mass is 748 g/mol. The Morgan fingerprint density at radius 3 is 1.77 bits per heavy atom. The maximum atomic E-state index is 6.44. The average molecular weight is 749 g/mol. The van der Waals surface area contributed by atoms with E-state index in [1.165, 1.54) is 25.7 Å². The predicted octanol–water partition coefficient (Wildman–Crippen LogP) is 13.8.